The van der Waals surface area contributed by atoms with E-state index in [1.54, 1.807) is 12.1 Å². The molecule has 0 saturated heterocycles. The van der Waals surface area contributed by atoms with Crippen LogP contribution < -0.4 is 10.5 Å². The quantitative estimate of drug-likeness (QED) is 0.866. The molecule has 1 aromatic carbocycles. The number of hydrogen-bond donors (Lipinski definition) is 1. The van der Waals surface area contributed by atoms with E-state index in [4.69, 9.17) is 5.73 Å². The number of ether oxygens (including phenoxy) is 1. The molecule has 5 heteroatoms. The van der Waals surface area contributed by atoms with Crippen molar-refractivity contribution >= 4 is 38.0 Å². The maximum absolute atomic E-state index is 10.4. The minimum absolute atomic E-state index is 0.406. The Morgan fingerprint density at radius 3 is 2.17 bits per heavy atom. The Hall–Kier alpha value is -0.550. The van der Waals surface area contributed by atoms with Gasteiger partial charge in [-0.1, -0.05) is 31.9 Å². The number of carbonyl (C=O) groups is 1. The van der Waals surface area contributed by atoms with E-state index in [0.29, 0.717) is 5.75 Å². The van der Waals surface area contributed by atoms with Gasteiger partial charge in [-0.3, -0.25) is 0 Å². The molecule has 0 radical (unpaired) electrons. The monoisotopic (exact) mass is 293 g/mol. The Labute approximate surface area is 86.1 Å². The molecule has 0 aliphatic heterocycles. The maximum atomic E-state index is 10.4. The van der Waals surface area contributed by atoms with E-state index < -0.39 is 6.09 Å². The van der Waals surface area contributed by atoms with Crippen LogP contribution in [0.15, 0.2) is 27.1 Å². The van der Waals surface area contributed by atoms with E-state index in [1.807, 2.05) is 6.07 Å². The summed E-state index contributed by atoms with van der Waals surface area (Å²) in [7, 11) is 0. The largest absolute Gasteiger partial charge is 0.410 e. The Kier molecular flexibility index (Phi) is 3.11. The van der Waals surface area contributed by atoms with Gasteiger partial charge in [0.15, 0.2) is 0 Å². The van der Waals surface area contributed by atoms with Crippen molar-refractivity contribution in [3.63, 3.8) is 0 Å². The van der Waals surface area contributed by atoms with Crippen molar-refractivity contribution in [2.75, 3.05) is 0 Å². The van der Waals surface area contributed by atoms with Crippen molar-refractivity contribution < 1.29 is 9.53 Å². The van der Waals surface area contributed by atoms with Crippen molar-refractivity contribution in [1.82, 2.24) is 0 Å². The highest BCUT2D eigenvalue weighted by Crippen LogP contribution is 2.24. The molecule has 0 atom stereocenters. The van der Waals surface area contributed by atoms with Crippen LogP contribution in [0.5, 0.6) is 5.75 Å². The summed E-state index contributed by atoms with van der Waals surface area (Å²) >= 11 is 6.48. The fourth-order valence-corrected chi connectivity index (χ4v) is 1.96. The number of carbonyl (C=O) groups excluding carboxylic acids is 1. The predicted molar refractivity (Wildman–Crippen MR) is 52.1 cm³/mol. The second-order valence-electron chi connectivity index (χ2n) is 2.03. The van der Waals surface area contributed by atoms with E-state index in [1.165, 1.54) is 0 Å². The molecule has 0 fully saturated rings. The van der Waals surface area contributed by atoms with E-state index in [9.17, 15) is 4.79 Å². The van der Waals surface area contributed by atoms with Crippen LogP contribution in [0.2, 0.25) is 0 Å². The number of hydrogen-bond acceptors (Lipinski definition) is 2. The Morgan fingerprint density at radius 1 is 1.25 bits per heavy atom. The molecule has 0 heterocycles. The van der Waals surface area contributed by atoms with Crippen LogP contribution in [-0.4, -0.2) is 6.09 Å². The molecular formula is C7H5Br2NO2. The lowest BCUT2D eigenvalue weighted by molar-refractivity contribution is 0.211. The van der Waals surface area contributed by atoms with Crippen molar-refractivity contribution in [2.45, 2.75) is 0 Å². The van der Waals surface area contributed by atoms with Gasteiger partial charge in [-0.15, -0.1) is 0 Å². The summed E-state index contributed by atoms with van der Waals surface area (Å²) < 4.78 is 6.28. The number of benzene rings is 1. The zero-order valence-electron chi connectivity index (χ0n) is 5.88. The molecule has 0 aliphatic rings. The molecule has 0 saturated carbocycles. The highest BCUT2D eigenvalue weighted by atomic mass is 79.9. The van der Waals surface area contributed by atoms with Gasteiger partial charge in [-0.25, -0.2) is 4.79 Å². The van der Waals surface area contributed by atoms with Crippen molar-refractivity contribution in [2.24, 2.45) is 5.73 Å². The second kappa shape index (κ2) is 3.91. The normalized spacial score (nSPS) is 9.50. The minimum atomic E-state index is -0.819. The lowest BCUT2D eigenvalue weighted by Crippen LogP contribution is -2.16. The molecule has 0 bridgehead atoms. The van der Waals surface area contributed by atoms with Crippen LogP contribution in [-0.2, 0) is 0 Å². The van der Waals surface area contributed by atoms with Gasteiger partial charge in [0.25, 0.3) is 0 Å². The Morgan fingerprint density at radius 2 is 1.75 bits per heavy atom. The summed E-state index contributed by atoms with van der Waals surface area (Å²) in [5.74, 6) is 0.406. The van der Waals surface area contributed by atoms with Gasteiger partial charge in [0.2, 0.25) is 0 Å². The van der Waals surface area contributed by atoms with E-state index >= 15 is 0 Å². The van der Waals surface area contributed by atoms with Crippen LogP contribution in [0.4, 0.5) is 4.79 Å². The third-order valence-electron chi connectivity index (χ3n) is 1.05. The summed E-state index contributed by atoms with van der Waals surface area (Å²) in [5.41, 5.74) is 4.83. The number of amides is 1. The van der Waals surface area contributed by atoms with Crippen LogP contribution in [0.25, 0.3) is 0 Å². The first-order chi connectivity index (χ1) is 5.58. The molecule has 1 aromatic rings. The molecule has 1 amide bonds. The molecule has 2 N–H and O–H groups in total. The van der Waals surface area contributed by atoms with Gasteiger partial charge in [-0.2, -0.15) is 0 Å². The van der Waals surface area contributed by atoms with E-state index in [0.717, 1.165) is 8.95 Å². The molecule has 1 rings (SSSR count). The molecule has 12 heavy (non-hydrogen) atoms. The van der Waals surface area contributed by atoms with Crippen molar-refractivity contribution in [3.05, 3.63) is 27.1 Å². The highest BCUT2D eigenvalue weighted by molar-refractivity contribution is 9.11. The SMILES string of the molecule is NC(=O)Oc1cc(Br)cc(Br)c1. The van der Waals surface area contributed by atoms with Crippen LogP contribution in [0.1, 0.15) is 0 Å². The summed E-state index contributed by atoms with van der Waals surface area (Å²) in [5, 5.41) is 0. The van der Waals surface area contributed by atoms with Crippen LogP contribution in [0.3, 0.4) is 0 Å². The summed E-state index contributed by atoms with van der Waals surface area (Å²) in [6, 6.07) is 5.12. The molecule has 0 unspecified atom stereocenters. The smallest absolute Gasteiger partial charge is 0.409 e. The van der Waals surface area contributed by atoms with Crippen molar-refractivity contribution in [3.8, 4) is 5.75 Å². The summed E-state index contributed by atoms with van der Waals surface area (Å²) in [4.78, 5) is 10.4. The van der Waals surface area contributed by atoms with Gasteiger partial charge in [0.05, 0.1) is 0 Å². The van der Waals surface area contributed by atoms with Crippen LogP contribution in [0, 0.1) is 0 Å². The summed E-state index contributed by atoms with van der Waals surface area (Å²) in [6.45, 7) is 0. The van der Waals surface area contributed by atoms with Gasteiger partial charge in [0.1, 0.15) is 5.75 Å². The Bertz CT molecular complexity index is 294. The zero-order chi connectivity index (χ0) is 9.14. The molecule has 64 valence electrons. The predicted octanol–water partition coefficient (Wildman–Crippen LogP) is 2.67. The zero-order valence-corrected chi connectivity index (χ0v) is 9.05. The molecule has 0 spiro atoms. The second-order valence-corrected chi connectivity index (χ2v) is 3.86. The lowest BCUT2D eigenvalue weighted by atomic mass is 10.3. The van der Waals surface area contributed by atoms with E-state index in [2.05, 4.69) is 36.6 Å². The minimum Gasteiger partial charge on any atom is -0.410 e. The summed E-state index contributed by atoms with van der Waals surface area (Å²) in [6.07, 6.45) is -0.819. The third kappa shape index (κ3) is 2.83. The van der Waals surface area contributed by atoms with E-state index in [-0.39, 0.29) is 0 Å². The fourth-order valence-electron chi connectivity index (χ4n) is 0.704. The van der Waals surface area contributed by atoms with Gasteiger partial charge in [0, 0.05) is 8.95 Å². The first-order valence-corrected chi connectivity index (χ1v) is 4.60. The third-order valence-corrected chi connectivity index (χ3v) is 1.97. The average molecular weight is 295 g/mol. The number of halogens is 2. The first kappa shape index (κ1) is 9.54. The van der Waals surface area contributed by atoms with Gasteiger partial charge >= 0.3 is 6.09 Å². The lowest BCUT2D eigenvalue weighted by Gasteiger charge is -2.01. The van der Waals surface area contributed by atoms with Crippen LogP contribution >= 0.6 is 31.9 Å². The molecular weight excluding hydrogens is 290 g/mol. The molecule has 0 aliphatic carbocycles. The molecule has 3 nitrogen and oxygen atoms in total. The number of primary amides is 1. The first-order valence-electron chi connectivity index (χ1n) is 3.01. The van der Waals surface area contributed by atoms with Gasteiger partial charge in [-0.05, 0) is 18.2 Å². The Balaban J connectivity index is 2.93. The number of nitrogens with two attached hydrogens (primary N) is 1. The maximum Gasteiger partial charge on any atom is 0.409 e. The average Bonchev–Trinajstić information content (AvgIpc) is 1.81. The highest BCUT2D eigenvalue weighted by Gasteiger charge is 2.00. The van der Waals surface area contributed by atoms with Crippen molar-refractivity contribution in [1.29, 1.82) is 0 Å². The standard InChI is InChI=1S/C7H5Br2NO2/c8-4-1-5(9)3-6(2-4)12-7(10)11/h1-3H,(H2,10,11). The molecule has 0 aromatic heterocycles. The topological polar surface area (TPSA) is 52.3 Å². The number of rotatable bonds is 1. The fraction of sp³-hybridized carbons (Fsp3) is 0. The van der Waals surface area contributed by atoms with Gasteiger partial charge < -0.3 is 10.5 Å².